The number of benzene rings is 1. The van der Waals surface area contributed by atoms with Gasteiger partial charge in [0.1, 0.15) is 0 Å². The molecule has 0 heterocycles. The topological polar surface area (TPSA) is 29.4 Å². The fraction of sp³-hybridized carbons (Fsp3) is 0.500. The summed E-state index contributed by atoms with van der Waals surface area (Å²) in [6, 6.07) is 8.98. The van der Waals surface area contributed by atoms with Crippen LogP contribution < -0.4 is 0 Å². The standard InChI is InChI=1S/C7H5NO.C7H16/c9-6-8-7-4-2-1-3-5-7;1-3-5-7-6-4-2/h1-5H;3-7H2,1-2H3. The summed E-state index contributed by atoms with van der Waals surface area (Å²) in [4.78, 5) is 13.1. The Morgan fingerprint density at radius 3 is 2.00 bits per heavy atom. The third kappa shape index (κ3) is 9.17. The number of para-hydroxylation sites is 1. The van der Waals surface area contributed by atoms with Crippen LogP contribution in [0.4, 0.5) is 5.69 Å². The number of nitrogens with zero attached hydrogens (tertiary/aromatic N) is 1. The Labute approximate surface area is 98.4 Å². The lowest BCUT2D eigenvalue weighted by molar-refractivity contribution is 0.565. The zero-order chi connectivity index (χ0) is 12.1. The molecular formula is C14H21NO. The number of carbonyl (C=O) groups excluding carboxylic acids is 1. The van der Waals surface area contributed by atoms with Crippen LogP contribution >= 0.6 is 0 Å². The van der Waals surface area contributed by atoms with Crippen LogP contribution in [0.3, 0.4) is 0 Å². The lowest BCUT2D eigenvalue weighted by atomic mass is 10.2. The van der Waals surface area contributed by atoms with Crippen molar-refractivity contribution in [3.63, 3.8) is 0 Å². The average Bonchev–Trinajstić information content (AvgIpc) is 2.32. The Kier molecular flexibility index (Phi) is 10.7. The van der Waals surface area contributed by atoms with Gasteiger partial charge in [0.25, 0.3) is 0 Å². The van der Waals surface area contributed by atoms with Gasteiger partial charge in [-0.3, -0.25) is 0 Å². The summed E-state index contributed by atoms with van der Waals surface area (Å²) in [5, 5.41) is 0. The van der Waals surface area contributed by atoms with Crippen LogP contribution in [0.15, 0.2) is 35.3 Å². The van der Waals surface area contributed by atoms with E-state index in [2.05, 4.69) is 18.8 Å². The van der Waals surface area contributed by atoms with E-state index in [1.165, 1.54) is 38.2 Å². The molecule has 0 aromatic heterocycles. The van der Waals surface area contributed by atoms with E-state index in [4.69, 9.17) is 0 Å². The van der Waals surface area contributed by atoms with Crippen LogP contribution in [-0.4, -0.2) is 6.08 Å². The second-order valence-corrected chi connectivity index (χ2v) is 3.60. The van der Waals surface area contributed by atoms with Crippen LogP contribution in [0.1, 0.15) is 46.0 Å². The van der Waals surface area contributed by atoms with Crippen LogP contribution in [0.5, 0.6) is 0 Å². The second-order valence-electron chi connectivity index (χ2n) is 3.60. The summed E-state index contributed by atoms with van der Waals surface area (Å²) < 4.78 is 0. The Morgan fingerprint density at radius 1 is 1.00 bits per heavy atom. The molecule has 0 bridgehead atoms. The van der Waals surface area contributed by atoms with E-state index in [1.54, 1.807) is 12.1 Å². The Bertz CT molecular complexity index is 285. The monoisotopic (exact) mass is 219 g/mol. The zero-order valence-corrected chi connectivity index (χ0v) is 10.3. The summed E-state index contributed by atoms with van der Waals surface area (Å²) in [6.07, 6.45) is 8.47. The number of hydrogen-bond donors (Lipinski definition) is 0. The van der Waals surface area contributed by atoms with Crippen LogP contribution in [0, 0.1) is 0 Å². The number of rotatable bonds is 5. The maximum Gasteiger partial charge on any atom is 0.240 e. The highest BCUT2D eigenvalue weighted by Gasteiger charge is 1.80. The highest BCUT2D eigenvalue weighted by molar-refractivity contribution is 5.47. The van der Waals surface area contributed by atoms with Gasteiger partial charge in [0.05, 0.1) is 5.69 Å². The highest BCUT2D eigenvalue weighted by Crippen LogP contribution is 2.07. The molecule has 1 rings (SSSR count). The first-order valence-corrected chi connectivity index (χ1v) is 5.98. The molecule has 0 saturated heterocycles. The quantitative estimate of drug-likeness (QED) is 0.403. The van der Waals surface area contributed by atoms with Crippen molar-refractivity contribution in [3.05, 3.63) is 30.3 Å². The third-order valence-electron chi connectivity index (χ3n) is 2.14. The van der Waals surface area contributed by atoms with E-state index in [0.717, 1.165) is 0 Å². The van der Waals surface area contributed by atoms with Crippen LogP contribution in [0.2, 0.25) is 0 Å². The molecule has 0 spiro atoms. The van der Waals surface area contributed by atoms with Gasteiger partial charge in [0.2, 0.25) is 6.08 Å². The molecule has 0 radical (unpaired) electrons. The summed E-state index contributed by atoms with van der Waals surface area (Å²) in [5.41, 5.74) is 0.646. The minimum atomic E-state index is 0.646. The molecule has 0 atom stereocenters. The molecule has 2 heteroatoms. The predicted octanol–water partition coefficient (Wildman–Crippen LogP) is 4.63. The highest BCUT2D eigenvalue weighted by atomic mass is 16.1. The predicted molar refractivity (Wildman–Crippen MR) is 68.7 cm³/mol. The van der Waals surface area contributed by atoms with Gasteiger partial charge in [-0.1, -0.05) is 64.2 Å². The number of hydrogen-bond acceptors (Lipinski definition) is 2. The summed E-state index contributed by atoms with van der Waals surface area (Å²) in [6.45, 7) is 4.49. The Balaban J connectivity index is 0.000000293. The molecule has 88 valence electrons. The van der Waals surface area contributed by atoms with Crippen molar-refractivity contribution in [1.82, 2.24) is 0 Å². The fourth-order valence-electron chi connectivity index (χ4n) is 1.23. The summed E-state index contributed by atoms with van der Waals surface area (Å²) in [7, 11) is 0. The van der Waals surface area contributed by atoms with E-state index >= 15 is 0 Å². The van der Waals surface area contributed by atoms with Gasteiger partial charge in [0.15, 0.2) is 0 Å². The van der Waals surface area contributed by atoms with Crippen LogP contribution in [-0.2, 0) is 4.79 Å². The van der Waals surface area contributed by atoms with Gasteiger partial charge in [-0.25, -0.2) is 4.79 Å². The van der Waals surface area contributed by atoms with Gasteiger partial charge in [-0.15, -0.1) is 0 Å². The molecule has 0 aliphatic carbocycles. The molecule has 0 amide bonds. The van der Waals surface area contributed by atoms with Crippen molar-refractivity contribution in [2.75, 3.05) is 0 Å². The van der Waals surface area contributed by atoms with E-state index < -0.39 is 0 Å². The molecule has 0 saturated carbocycles. The smallest absolute Gasteiger partial charge is 0.211 e. The van der Waals surface area contributed by atoms with Crippen molar-refractivity contribution in [1.29, 1.82) is 0 Å². The van der Waals surface area contributed by atoms with Crippen molar-refractivity contribution in [2.24, 2.45) is 4.99 Å². The first-order chi connectivity index (χ1) is 7.85. The number of aliphatic imine (C=N–C) groups is 1. The van der Waals surface area contributed by atoms with Crippen molar-refractivity contribution < 1.29 is 4.79 Å². The van der Waals surface area contributed by atoms with Crippen molar-refractivity contribution in [2.45, 2.75) is 46.0 Å². The molecule has 1 aromatic rings. The Hall–Kier alpha value is -1.40. The molecule has 0 aliphatic rings. The minimum absolute atomic E-state index is 0.646. The molecule has 1 aromatic carbocycles. The zero-order valence-electron chi connectivity index (χ0n) is 10.3. The van der Waals surface area contributed by atoms with Gasteiger partial charge >= 0.3 is 0 Å². The lowest BCUT2D eigenvalue weighted by Gasteiger charge is -1.90. The van der Waals surface area contributed by atoms with E-state index in [-0.39, 0.29) is 0 Å². The van der Waals surface area contributed by atoms with E-state index in [9.17, 15) is 4.79 Å². The van der Waals surface area contributed by atoms with Crippen LogP contribution in [0.25, 0.3) is 0 Å². The molecule has 0 unspecified atom stereocenters. The van der Waals surface area contributed by atoms with Gasteiger partial charge in [-0.2, -0.15) is 4.99 Å². The summed E-state index contributed by atoms with van der Waals surface area (Å²) in [5.74, 6) is 0. The van der Waals surface area contributed by atoms with E-state index in [0.29, 0.717) is 5.69 Å². The molecule has 2 nitrogen and oxygen atoms in total. The van der Waals surface area contributed by atoms with Gasteiger partial charge in [-0.05, 0) is 12.1 Å². The summed E-state index contributed by atoms with van der Waals surface area (Å²) >= 11 is 0. The molecule has 0 aliphatic heterocycles. The maximum absolute atomic E-state index is 9.68. The molecule has 0 N–H and O–H groups in total. The number of unbranched alkanes of at least 4 members (excludes halogenated alkanes) is 4. The minimum Gasteiger partial charge on any atom is -0.211 e. The van der Waals surface area contributed by atoms with Crippen molar-refractivity contribution >= 4 is 11.8 Å². The molecule has 0 fully saturated rings. The fourth-order valence-corrected chi connectivity index (χ4v) is 1.23. The SMILES string of the molecule is CCCCCCC.O=C=Nc1ccccc1. The van der Waals surface area contributed by atoms with Gasteiger partial charge < -0.3 is 0 Å². The first kappa shape index (κ1) is 14.6. The second kappa shape index (κ2) is 11.7. The molecular weight excluding hydrogens is 198 g/mol. The van der Waals surface area contributed by atoms with Gasteiger partial charge in [0, 0.05) is 0 Å². The molecule has 16 heavy (non-hydrogen) atoms. The first-order valence-electron chi connectivity index (χ1n) is 5.98. The largest absolute Gasteiger partial charge is 0.240 e. The van der Waals surface area contributed by atoms with E-state index in [1.807, 2.05) is 18.2 Å². The maximum atomic E-state index is 9.68. The van der Waals surface area contributed by atoms with Crippen molar-refractivity contribution in [3.8, 4) is 0 Å². The third-order valence-corrected chi connectivity index (χ3v) is 2.14. The Morgan fingerprint density at radius 2 is 1.56 bits per heavy atom. The lowest BCUT2D eigenvalue weighted by Crippen LogP contribution is -1.70. The normalized spacial score (nSPS) is 8.62. The average molecular weight is 219 g/mol. The number of isocyanates is 1.